The first-order valence-electron chi connectivity index (χ1n) is 7.41. The molecule has 0 bridgehead atoms. The van der Waals surface area contributed by atoms with Crippen molar-refractivity contribution in [3.05, 3.63) is 47.3 Å². The Balaban J connectivity index is 1.80. The zero-order valence-electron chi connectivity index (χ0n) is 12.7. The summed E-state index contributed by atoms with van der Waals surface area (Å²) in [6.45, 7) is 2.32. The molecule has 3 rings (SSSR count). The van der Waals surface area contributed by atoms with Gasteiger partial charge in [-0.15, -0.1) is 11.3 Å². The second kappa shape index (κ2) is 6.43. The van der Waals surface area contributed by atoms with Gasteiger partial charge in [0.25, 0.3) is 10.0 Å². The molecule has 1 aliphatic heterocycles. The standard InChI is InChI=1S/C16H18N2O3S2/c1-12-5-2-6-13(11-12)17-16(19)14-7-3-9-18(14)23(20,21)15-8-4-10-22-15/h2,4-6,8,10-11,14H,3,7,9H2,1H3,(H,17,19). The van der Waals surface area contributed by atoms with Crippen LogP contribution in [0, 0.1) is 6.92 Å². The average molecular weight is 350 g/mol. The van der Waals surface area contributed by atoms with Crippen molar-refractivity contribution in [1.82, 2.24) is 4.31 Å². The lowest BCUT2D eigenvalue weighted by molar-refractivity contribution is -0.119. The van der Waals surface area contributed by atoms with Gasteiger partial charge in [0.05, 0.1) is 0 Å². The minimum atomic E-state index is -3.60. The number of thiophene rings is 1. The van der Waals surface area contributed by atoms with Gasteiger partial charge in [-0.05, 0) is 48.9 Å². The van der Waals surface area contributed by atoms with E-state index in [1.165, 1.54) is 15.6 Å². The van der Waals surface area contributed by atoms with Crippen molar-refractivity contribution in [3.8, 4) is 0 Å². The molecule has 1 fully saturated rings. The highest BCUT2D eigenvalue weighted by Gasteiger charge is 2.39. The molecule has 1 N–H and O–H groups in total. The second-order valence-electron chi connectivity index (χ2n) is 5.56. The Morgan fingerprint density at radius 2 is 2.13 bits per heavy atom. The molecule has 0 aliphatic carbocycles. The molecule has 1 saturated heterocycles. The van der Waals surface area contributed by atoms with Crippen molar-refractivity contribution in [2.24, 2.45) is 0 Å². The van der Waals surface area contributed by atoms with E-state index >= 15 is 0 Å². The van der Waals surface area contributed by atoms with Gasteiger partial charge in [0, 0.05) is 12.2 Å². The molecule has 1 aliphatic rings. The summed E-state index contributed by atoms with van der Waals surface area (Å²) in [6, 6.07) is 10.1. The minimum Gasteiger partial charge on any atom is -0.325 e. The molecular weight excluding hydrogens is 332 g/mol. The van der Waals surface area contributed by atoms with E-state index in [1.54, 1.807) is 23.6 Å². The van der Waals surface area contributed by atoms with Crippen LogP contribution in [0.25, 0.3) is 0 Å². The number of carbonyl (C=O) groups excluding carboxylic acids is 1. The highest BCUT2D eigenvalue weighted by Crippen LogP contribution is 2.29. The van der Waals surface area contributed by atoms with Crippen molar-refractivity contribution >= 4 is 33.0 Å². The molecule has 1 aromatic heterocycles. The molecule has 2 heterocycles. The summed E-state index contributed by atoms with van der Waals surface area (Å²) in [7, 11) is -3.60. The van der Waals surface area contributed by atoms with E-state index in [0.717, 1.165) is 5.56 Å². The Morgan fingerprint density at radius 3 is 2.83 bits per heavy atom. The molecule has 0 radical (unpaired) electrons. The van der Waals surface area contributed by atoms with Crippen LogP contribution < -0.4 is 5.32 Å². The minimum absolute atomic E-state index is 0.270. The van der Waals surface area contributed by atoms with Crippen LogP contribution >= 0.6 is 11.3 Å². The maximum absolute atomic E-state index is 12.7. The van der Waals surface area contributed by atoms with Crippen molar-refractivity contribution in [3.63, 3.8) is 0 Å². The monoisotopic (exact) mass is 350 g/mol. The lowest BCUT2D eigenvalue weighted by Gasteiger charge is -2.22. The molecule has 1 unspecified atom stereocenters. The number of sulfonamides is 1. The summed E-state index contributed by atoms with van der Waals surface area (Å²) in [6.07, 6.45) is 1.23. The number of aryl methyl sites for hydroxylation is 1. The summed E-state index contributed by atoms with van der Waals surface area (Å²) < 4.78 is 27.0. The van der Waals surface area contributed by atoms with Crippen LogP contribution in [0.3, 0.4) is 0 Å². The maximum atomic E-state index is 12.7. The number of anilines is 1. The summed E-state index contributed by atoms with van der Waals surface area (Å²) >= 11 is 1.18. The lowest BCUT2D eigenvalue weighted by atomic mass is 10.2. The molecule has 0 saturated carbocycles. The smallest absolute Gasteiger partial charge is 0.253 e. The Labute approximate surface area is 140 Å². The van der Waals surface area contributed by atoms with Gasteiger partial charge in [-0.1, -0.05) is 18.2 Å². The predicted molar refractivity (Wildman–Crippen MR) is 91.0 cm³/mol. The molecule has 122 valence electrons. The number of benzene rings is 1. The molecule has 1 amide bonds. The third kappa shape index (κ3) is 3.31. The zero-order valence-corrected chi connectivity index (χ0v) is 14.4. The van der Waals surface area contributed by atoms with Gasteiger partial charge in [0.15, 0.2) is 0 Å². The fraction of sp³-hybridized carbons (Fsp3) is 0.312. The van der Waals surface area contributed by atoms with Crippen molar-refractivity contribution in [1.29, 1.82) is 0 Å². The van der Waals surface area contributed by atoms with E-state index in [4.69, 9.17) is 0 Å². The van der Waals surface area contributed by atoms with E-state index in [9.17, 15) is 13.2 Å². The maximum Gasteiger partial charge on any atom is 0.253 e. The van der Waals surface area contributed by atoms with E-state index in [-0.39, 0.29) is 10.1 Å². The normalized spacial score (nSPS) is 18.9. The van der Waals surface area contributed by atoms with E-state index in [0.29, 0.717) is 25.1 Å². The quantitative estimate of drug-likeness (QED) is 0.922. The zero-order chi connectivity index (χ0) is 16.4. The first-order chi connectivity index (χ1) is 11.0. The van der Waals surface area contributed by atoms with Crippen LogP contribution in [0.4, 0.5) is 5.69 Å². The van der Waals surface area contributed by atoms with Crippen molar-refractivity contribution in [2.45, 2.75) is 30.0 Å². The molecule has 0 spiro atoms. The van der Waals surface area contributed by atoms with Crippen LogP contribution in [0.5, 0.6) is 0 Å². The highest BCUT2D eigenvalue weighted by molar-refractivity contribution is 7.91. The molecule has 5 nitrogen and oxygen atoms in total. The Morgan fingerprint density at radius 1 is 1.30 bits per heavy atom. The summed E-state index contributed by atoms with van der Waals surface area (Å²) in [5, 5.41) is 4.56. The van der Waals surface area contributed by atoms with Crippen molar-refractivity contribution < 1.29 is 13.2 Å². The predicted octanol–water partition coefficient (Wildman–Crippen LogP) is 2.85. The molecule has 2 aromatic rings. The summed E-state index contributed by atoms with van der Waals surface area (Å²) in [4.78, 5) is 12.5. The molecule has 1 aromatic carbocycles. The first kappa shape index (κ1) is 16.2. The van der Waals surface area contributed by atoms with E-state index in [2.05, 4.69) is 5.32 Å². The number of carbonyl (C=O) groups is 1. The number of nitrogens with one attached hydrogen (secondary N) is 1. The second-order valence-corrected chi connectivity index (χ2v) is 8.63. The molecule has 1 atom stereocenters. The number of hydrogen-bond acceptors (Lipinski definition) is 4. The van der Waals surface area contributed by atoms with Gasteiger partial charge < -0.3 is 5.32 Å². The van der Waals surface area contributed by atoms with Crippen LogP contribution in [-0.4, -0.2) is 31.2 Å². The van der Waals surface area contributed by atoms with Gasteiger partial charge in [-0.3, -0.25) is 4.79 Å². The third-order valence-corrected chi connectivity index (χ3v) is 7.13. The van der Waals surface area contributed by atoms with Crippen molar-refractivity contribution in [2.75, 3.05) is 11.9 Å². The Hall–Kier alpha value is -1.70. The topological polar surface area (TPSA) is 66.5 Å². The fourth-order valence-electron chi connectivity index (χ4n) is 2.76. The van der Waals surface area contributed by atoms with Crippen LogP contribution in [0.15, 0.2) is 46.0 Å². The van der Waals surface area contributed by atoms with Gasteiger partial charge in [-0.25, -0.2) is 8.42 Å². The summed E-state index contributed by atoms with van der Waals surface area (Å²) in [5.41, 5.74) is 1.73. The van der Waals surface area contributed by atoms with E-state index in [1.807, 2.05) is 25.1 Å². The molecule has 23 heavy (non-hydrogen) atoms. The fourth-order valence-corrected chi connectivity index (χ4v) is 5.54. The van der Waals surface area contributed by atoms with Crippen LogP contribution in [-0.2, 0) is 14.8 Å². The largest absolute Gasteiger partial charge is 0.325 e. The number of hydrogen-bond donors (Lipinski definition) is 1. The van der Waals surface area contributed by atoms with Crippen LogP contribution in [0.1, 0.15) is 18.4 Å². The van der Waals surface area contributed by atoms with Gasteiger partial charge in [0.2, 0.25) is 5.91 Å². The Bertz CT molecular complexity index is 800. The molecule has 7 heteroatoms. The van der Waals surface area contributed by atoms with Crippen LogP contribution in [0.2, 0.25) is 0 Å². The van der Waals surface area contributed by atoms with E-state index < -0.39 is 16.1 Å². The number of rotatable bonds is 4. The van der Waals surface area contributed by atoms with Gasteiger partial charge in [-0.2, -0.15) is 4.31 Å². The van der Waals surface area contributed by atoms with Gasteiger partial charge >= 0.3 is 0 Å². The SMILES string of the molecule is Cc1cccc(NC(=O)C2CCCN2S(=O)(=O)c2cccs2)c1. The molecular formula is C16H18N2O3S2. The first-order valence-corrected chi connectivity index (χ1v) is 9.73. The highest BCUT2D eigenvalue weighted by atomic mass is 32.2. The summed E-state index contributed by atoms with van der Waals surface area (Å²) in [5.74, 6) is -0.270. The Kier molecular flexibility index (Phi) is 4.52. The van der Waals surface area contributed by atoms with Gasteiger partial charge in [0.1, 0.15) is 10.3 Å². The number of nitrogens with zero attached hydrogens (tertiary/aromatic N) is 1. The number of amides is 1. The average Bonchev–Trinajstić information content (AvgIpc) is 3.19. The lowest BCUT2D eigenvalue weighted by Crippen LogP contribution is -2.42. The third-order valence-electron chi connectivity index (χ3n) is 3.85.